The highest BCUT2D eigenvalue weighted by Gasteiger charge is 2.12. The highest BCUT2D eigenvalue weighted by Crippen LogP contribution is 2.26. The summed E-state index contributed by atoms with van der Waals surface area (Å²) in [5, 5.41) is 10.2. The second-order valence-corrected chi connectivity index (χ2v) is 5.73. The predicted octanol–water partition coefficient (Wildman–Crippen LogP) is 2.86. The van der Waals surface area contributed by atoms with Gasteiger partial charge in [-0.2, -0.15) is 0 Å². The number of hydrogen-bond acceptors (Lipinski definition) is 4. The number of nitrogens with zero attached hydrogens (tertiary/aromatic N) is 1. The van der Waals surface area contributed by atoms with Crippen LogP contribution in [0.1, 0.15) is 39.4 Å². The molecule has 1 aromatic rings. The minimum absolute atomic E-state index is 0.420. The molecule has 1 N–H and O–H groups in total. The average molecular weight is 305 g/mol. The minimum Gasteiger partial charge on any atom is -0.497 e. The van der Waals surface area contributed by atoms with Gasteiger partial charge in [0.05, 0.1) is 20.8 Å². The molecule has 4 heteroatoms. The fourth-order valence-corrected chi connectivity index (χ4v) is 2.27. The van der Waals surface area contributed by atoms with Gasteiger partial charge < -0.3 is 14.6 Å². The number of aliphatic hydroxyl groups excluding tert-OH is 1. The lowest BCUT2D eigenvalue weighted by Crippen LogP contribution is -2.37. The first-order chi connectivity index (χ1) is 10.4. The van der Waals surface area contributed by atoms with Crippen molar-refractivity contribution in [1.29, 1.82) is 0 Å². The molecule has 0 fully saturated rings. The summed E-state index contributed by atoms with van der Waals surface area (Å²) in [6.45, 7) is 9.21. The van der Waals surface area contributed by atoms with Gasteiger partial charge in [-0.1, -0.05) is 11.8 Å². The Morgan fingerprint density at radius 3 is 1.91 bits per heavy atom. The molecule has 0 aliphatic rings. The Kier molecular flexibility index (Phi) is 7.23. The van der Waals surface area contributed by atoms with Crippen LogP contribution in [0.3, 0.4) is 0 Å². The van der Waals surface area contributed by atoms with Gasteiger partial charge in [-0.3, -0.25) is 4.90 Å². The quantitative estimate of drug-likeness (QED) is 0.821. The normalized spacial score (nSPS) is 12.3. The Labute approximate surface area is 134 Å². The molecule has 1 rings (SSSR count). The molecule has 0 spiro atoms. The van der Waals surface area contributed by atoms with Crippen LogP contribution in [-0.4, -0.2) is 42.9 Å². The molecule has 0 amide bonds. The Balaban J connectivity index is 2.85. The third kappa shape index (κ3) is 5.25. The maximum absolute atomic E-state index is 10.2. The zero-order chi connectivity index (χ0) is 16.7. The lowest BCUT2D eigenvalue weighted by Gasteiger charge is -2.28. The maximum atomic E-state index is 10.2. The van der Waals surface area contributed by atoms with E-state index in [9.17, 15) is 5.11 Å². The van der Waals surface area contributed by atoms with Gasteiger partial charge in [0.25, 0.3) is 0 Å². The van der Waals surface area contributed by atoms with Crippen molar-refractivity contribution in [2.24, 2.45) is 0 Å². The van der Waals surface area contributed by atoms with Crippen molar-refractivity contribution in [3.05, 3.63) is 23.8 Å². The molecule has 1 aromatic carbocycles. The number of hydrogen-bond donors (Lipinski definition) is 1. The summed E-state index contributed by atoms with van der Waals surface area (Å²) in [4.78, 5) is 2.27. The van der Waals surface area contributed by atoms with Crippen LogP contribution in [0.15, 0.2) is 18.2 Å². The molecule has 0 bridgehead atoms. The molecule has 1 unspecified atom stereocenters. The summed E-state index contributed by atoms with van der Waals surface area (Å²) in [5.41, 5.74) is 0.671. The number of ether oxygens (including phenoxy) is 2. The molecular formula is C18H27NO3. The molecule has 0 aliphatic heterocycles. The summed E-state index contributed by atoms with van der Waals surface area (Å²) in [5.74, 6) is 7.24. The van der Waals surface area contributed by atoms with E-state index in [2.05, 4.69) is 44.4 Å². The summed E-state index contributed by atoms with van der Waals surface area (Å²) in [7, 11) is 3.17. The van der Waals surface area contributed by atoms with E-state index in [1.165, 1.54) is 0 Å². The molecule has 0 radical (unpaired) electrons. The number of methoxy groups -OCH3 is 2. The molecule has 0 saturated carbocycles. The highest BCUT2D eigenvalue weighted by molar-refractivity contribution is 5.41. The molecule has 22 heavy (non-hydrogen) atoms. The molecule has 0 saturated heterocycles. The highest BCUT2D eigenvalue weighted by atomic mass is 16.5. The molecule has 122 valence electrons. The lowest BCUT2D eigenvalue weighted by atomic mass is 10.1. The molecular weight excluding hydrogens is 278 g/mol. The summed E-state index contributed by atoms with van der Waals surface area (Å²) in [6.07, 6.45) is -0.856. The van der Waals surface area contributed by atoms with E-state index in [4.69, 9.17) is 9.47 Å². The van der Waals surface area contributed by atoms with Gasteiger partial charge in [0.1, 0.15) is 17.6 Å². The Hall–Kier alpha value is -1.70. The van der Waals surface area contributed by atoms with Crippen molar-refractivity contribution in [1.82, 2.24) is 4.90 Å². The van der Waals surface area contributed by atoms with Crippen LogP contribution < -0.4 is 9.47 Å². The predicted molar refractivity (Wildman–Crippen MR) is 89.3 cm³/mol. The Bertz CT molecular complexity index is 499. The van der Waals surface area contributed by atoms with Crippen LogP contribution in [0, 0.1) is 11.8 Å². The second kappa shape index (κ2) is 8.67. The van der Waals surface area contributed by atoms with Gasteiger partial charge in [-0.05, 0) is 45.4 Å². The first-order valence-electron chi connectivity index (χ1n) is 7.54. The monoisotopic (exact) mass is 305 g/mol. The lowest BCUT2D eigenvalue weighted by molar-refractivity contribution is 0.198. The standard InChI is InChI=1S/C18H27NO3/c1-13(2)19(14(3)4)9-7-8-18(20)15-10-16(21-5)12-17(11-15)22-6/h10-14,18,20H,9H2,1-6H3. The zero-order valence-electron chi connectivity index (χ0n) is 14.4. The van der Waals surface area contributed by atoms with Crippen LogP contribution in [-0.2, 0) is 0 Å². The van der Waals surface area contributed by atoms with E-state index in [1.54, 1.807) is 32.4 Å². The molecule has 1 atom stereocenters. The first kappa shape index (κ1) is 18.3. The third-order valence-electron chi connectivity index (χ3n) is 3.52. The van der Waals surface area contributed by atoms with E-state index in [0.717, 1.165) is 0 Å². The van der Waals surface area contributed by atoms with Crippen LogP contribution in [0.25, 0.3) is 0 Å². The minimum atomic E-state index is -0.856. The van der Waals surface area contributed by atoms with E-state index in [1.807, 2.05) is 0 Å². The smallest absolute Gasteiger partial charge is 0.140 e. The zero-order valence-corrected chi connectivity index (χ0v) is 14.4. The average Bonchev–Trinajstić information content (AvgIpc) is 2.49. The largest absolute Gasteiger partial charge is 0.497 e. The topological polar surface area (TPSA) is 41.9 Å². The fourth-order valence-electron chi connectivity index (χ4n) is 2.27. The molecule has 4 nitrogen and oxygen atoms in total. The number of rotatable bonds is 6. The Morgan fingerprint density at radius 2 is 1.50 bits per heavy atom. The van der Waals surface area contributed by atoms with Crippen molar-refractivity contribution in [3.8, 4) is 23.3 Å². The first-order valence-corrected chi connectivity index (χ1v) is 7.54. The van der Waals surface area contributed by atoms with Crippen molar-refractivity contribution in [2.75, 3.05) is 20.8 Å². The molecule has 0 heterocycles. The molecule has 0 aliphatic carbocycles. The summed E-state index contributed by atoms with van der Waals surface area (Å²) < 4.78 is 10.4. The summed E-state index contributed by atoms with van der Waals surface area (Å²) in [6, 6.07) is 6.14. The van der Waals surface area contributed by atoms with Crippen molar-refractivity contribution in [2.45, 2.75) is 45.9 Å². The number of benzene rings is 1. The Morgan fingerprint density at radius 1 is 1.00 bits per heavy atom. The molecule has 0 aromatic heterocycles. The number of aliphatic hydroxyl groups is 1. The van der Waals surface area contributed by atoms with Gasteiger partial charge in [-0.25, -0.2) is 0 Å². The van der Waals surface area contributed by atoms with E-state index < -0.39 is 6.10 Å². The third-order valence-corrected chi connectivity index (χ3v) is 3.52. The van der Waals surface area contributed by atoms with Gasteiger partial charge in [0.2, 0.25) is 0 Å². The van der Waals surface area contributed by atoms with Crippen molar-refractivity contribution >= 4 is 0 Å². The summed E-state index contributed by atoms with van der Waals surface area (Å²) >= 11 is 0. The van der Waals surface area contributed by atoms with Gasteiger partial charge >= 0.3 is 0 Å². The van der Waals surface area contributed by atoms with Crippen LogP contribution >= 0.6 is 0 Å². The van der Waals surface area contributed by atoms with Crippen LogP contribution in [0.5, 0.6) is 11.5 Å². The SMILES string of the molecule is COc1cc(OC)cc(C(O)C#CCN(C(C)C)C(C)C)c1. The van der Waals surface area contributed by atoms with E-state index in [-0.39, 0.29) is 0 Å². The van der Waals surface area contributed by atoms with Gasteiger partial charge in [-0.15, -0.1) is 0 Å². The van der Waals surface area contributed by atoms with Crippen LogP contribution in [0.2, 0.25) is 0 Å². The van der Waals surface area contributed by atoms with Crippen molar-refractivity contribution < 1.29 is 14.6 Å². The fraction of sp³-hybridized carbons (Fsp3) is 0.556. The van der Waals surface area contributed by atoms with Gasteiger partial charge in [0.15, 0.2) is 0 Å². The van der Waals surface area contributed by atoms with Crippen LogP contribution in [0.4, 0.5) is 0 Å². The van der Waals surface area contributed by atoms with Crippen molar-refractivity contribution in [3.63, 3.8) is 0 Å². The van der Waals surface area contributed by atoms with E-state index in [0.29, 0.717) is 35.7 Å². The van der Waals surface area contributed by atoms with Gasteiger partial charge in [0, 0.05) is 18.2 Å². The maximum Gasteiger partial charge on any atom is 0.140 e. The second-order valence-electron chi connectivity index (χ2n) is 5.73. The van der Waals surface area contributed by atoms with E-state index >= 15 is 0 Å².